The topological polar surface area (TPSA) is 51.2 Å². The highest BCUT2D eigenvalue weighted by Crippen LogP contribution is 2.18. The number of ether oxygens (including phenoxy) is 1. The first kappa shape index (κ1) is 13.1. The van der Waals surface area contributed by atoms with Crippen LogP contribution in [0.1, 0.15) is 11.3 Å². The molecule has 0 atom stereocenters. The van der Waals surface area contributed by atoms with Crippen LogP contribution in [0.2, 0.25) is 0 Å². The molecule has 1 amide bonds. The van der Waals surface area contributed by atoms with Crippen LogP contribution in [-0.2, 0) is 11.2 Å². The second-order valence-electron chi connectivity index (χ2n) is 4.23. The lowest BCUT2D eigenvalue weighted by molar-refractivity contribution is -0.115. The molecule has 98 valence electrons. The van der Waals surface area contributed by atoms with Gasteiger partial charge in [-0.3, -0.25) is 9.78 Å². The van der Waals surface area contributed by atoms with E-state index in [4.69, 9.17) is 4.74 Å². The van der Waals surface area contributed by atoms with Crippen LogP contribution in [0.3, 0.4) is 0 Å². The fourth-order valence-corrected chi connectivity index (χ4v) is 1.77. The molecule has 1 heterocycles. The predicted octanol–water partition coefficient (Wildman–Crippen LogP) is 2.58. The molecule has 19 heavy (non-hydrogen) atoms. The van der Waals surface area contributed by atoms with Gasteiger partial charge in [-0.1, -0.05) is 18.2 Å². The van der Waals surface area contributed by atoms with Crippen LogP contribution in [0.4, 0.5) is 5.69 Å². The molecule has 0 bridgehead atoms. The molecule has 0 fully saturated rings. The summed E-state index contributed by atoms with van der Waals surface area (Å²) in [4.78, 5) is 16.1. The van der Waals surface area contributed by atoms with Gasteiger partial charge in [0, 0.05) is 11.3 Å². The number of methoxy groups -OCH3 is 1. The van der Waals surface area contributed by atoms with E-state index in [-0.39, 0.29) is 12.3 Å². The highest BCUT2D eigenvalue weighted by Gasteiger charge is 2.08. The van der Waals surface area contributed by atoms with Gasteiger partial charge in [0.25, 0.3) is 0 Å². The molecule has 4 heteroatoms. The molecule has 0 aliphatic heterocycles. The molecular weight excluding hydrogens is 240 g/mol. The molecule has 0 radical (unpaired) electrons. The number of amides is 1. The lowest BCUT2D eigenvalue weighted by Gasteiger charge is -2.08. The number of anilines is 1. The van der Waals surface area contributed by atoms with E-state index >= 15 is 0 Å². The minimum absolute atomic E-state index is 0.0878. The van der Waals surface area contributed by atoms with Gasteiger partial charge < -0.3 is 10.1 Å². The molecule has 4 nitrogen and oxygen atoms in total. The minimum atomic E-state index is -0.0878. The summed E-state index contributed by atoms with van der Waals surface area (Å²) in [6.07, 6.45) is 1.92. The maximum absolute atomic E-state index is 11.9. The average Bonchev–Trinajstić information content (AvgIpc) is 2.42. The van der Waals surface area contributed by atoms with E-state index in [0.717, 1.165) is 17.0 Å². The van der Waals surface area contributed by atoms with Gasteiger partial charge in [0.1, 0.15) is 5.75 Å². The van der Waals surface area contributed by atoms with Crippen molar-refractivity contribution in [1.82, 2.24) is 4.98 Å². The van der Waals surface area contributed by atoms with Crippen LogP contribution >= 0.6 is 0 Å². The number of nitrogens with zero attached hydrogens (tertiary/aromatic N) is 1. The van der Waals surface area contributed by atoms with Gasteiger partial charge in [0.15, 0.2) is 0 Å². The molecule has 1 aromatic heterocycles. The molecule has 0 spiro atoms. The number of benzene rings is 1. The van der Waals surface area contributed by atoms with Crippen molar-refractivity contribution in [3.63, 3.8) is 0 Å². The molecule has 2 rings (SSSR count). The number of para-hydroxylation sites is 1. The monoisotopic (exact) mass is 256 g/mol. The van der Waals surface area contributed by atoms with Crippen molar-refractivity contribution in [2.75, 3.05) is 12.4 Å². The summed E-state index contributed by atoms with van der Waals surface area (Å²) >= 11 is 0. The first-order valence-corrected chi connectivity index (χ1v) is 6.03. The van der Waals surface area contributed by atoms with Gasteiger partial charge in [-0.05, 0) is 25.1 Å². The van der Waals surface area contributed by atoms with Crippen LogP contribution < -0.4 is 10.1 Å². The predicted molar refractivity (Wildman–Crippen MR) is 74.3 cm³/mol. The highest BCUT2D eigenvalue weighted by molar-refractivity contribution is 5.92. The number of nitrogens with one attached hydrogen (secondary N) is 1. The first-order valence-electron chi connectivity index (χ1n) is 6.03. The van der Waals surface area contributed by atoms with Crippen LogP contribution in [0.25, 0.3) is 0 Å². The maximum Gasteiger partial charge on any atom is 0.228 e. The summed E-state index contributed by atoms with van der Waals surface area (Å²) in [7, 11) is 1.60. The number of carbonyl (C=O) groups is 1. The van der Waals surface area contributed by atoms with Crippen molar-refractivity contribution < 1.29 is 9.53 Å². The fraction of sp³-hybridized carbons (Fsp3) is 0.200. The molecule has 0 saturated heterocycles. The Kier molecular flexibility index (Phi) is 4.13. The van der Waals surface area contributed by atoms with Gasteiger partial charge in [0.2, 0.25) is 5.91 Å². The maximum atomic E-state index is 11.9. The van der Waals surface area contributed by atoms with Gasteiger partial charge in [-0.25, -0.2) is 0 Å². The molecule has 0 aliphatic carbocycles. The Balaban J connectivity index is 2.03. The van der Waals surface area contributed by atoms with E-state index in [1.165, 1.54) is 0 Å². The number of aromatic nitrogens is 1. The SMILES string of the molecule is COc1ccccc1CC(=O)Nc1ccc(C)nc1. The number of carbonyl (C=O) groups excluding carboxylic acids is 1. The summed E-state index contributed by atoms with van der Waals surface area (Å²) in [5.41, 5.74) is 2.48. The molecule has 1 aromatic carbocycles. The zero-order valence-electron chi connectivity index (χ0n) is 11.0. The lowest BCUT2D eigenvalue weighted by Crippen LogP contribution is -2.15. The molecule has 2 aromatic rings. The van der Waals surface area contributed by atoms with E-state index in [1.807, 2.05) is 43.3 Å². The van der Waals surface area contributed by atoms with Gasteiger partial charge in [0.05, 0.1) is 25.4 Å². The molecule has 0 aliphatic rings. The Labute approximate surface area is 112 Å². The summed E-state index contributed by atoms with van der Waals surface area (Å²) in [6, 6.07) is 11.2. The van der Waals surface area contributed by atoms with E-state index in [9.17, 15) is 4.79 Å². The van der Waals surface area contributed by atoms with Crippen LogP contribution in [-0.4, -0.2) is 18.0 Å². The average molecular weight is 256 g/mol. The first-order chi connectivity index (χ1) is 9.19. The van der Waals surface area contributed by atoms with E-state index in [0.29, 0.717) is 5.69 Å². The van der Waals surface area contributed by atoms with Crippen LogP contribution in [0.15, 0.2) is 42.6 Å². The fourth-order valence-electron chi connectivity index (χ4n) is 1.77. The summed E-state index contributed by atoms with van der Waals surface area (Å²) in [6.45, 7) is 1.90. The third-order valence-electron chi connectivity index (χ3n) is 2.74. The van der Waals surface area contributed by atoms with Crippen LogP contribution in [0.5, 0.6) is 5.75 Å². The molecule has 0 saturated carbocycles. The highest BCUT2D eigenvalue weighted by atomic mass is 16.5. The molecular formula is C15H16N2O2. The summed E-state index contributed by atoms with van der Waals surface area (Å²) < 4.78 is 5.22. The number of hydrogen-bond donors (Lipinski definition) is 1. The number of pyridine rings is 1. The third-order valence-corrected chi connectivity index (χ3v) is 2.74. The summed E-state index contributed by atoms with van der Waals surface area (Å²) in [5.74, 6) is 0.634. The van der Waals surface area contributed by atoms with E-state index in [2.05, 4.69) is 10.3 Å². The number of aryl methyl sites for hydroxylation is 1. The largest absolute Gasteiger partial charge is 0.496 e. The Morgan fingerprint density at radius 3 is 2.74 bits per heavy atom. The quantitative estimate of drug-likeness (QED) is 0.914. The standard InChI is InChI=1S/C15H16N2O2/c1-11-7-8-13(10-16-11)17-15(18)9-12-5-3-4-6-14(12)19-2/h3-8,10H,9H2,1-2H3,(H,17,18). The van der Waals surface area contributed by atoms with Crippen molar-refractivity contribution in [1.29, 1.82) is 0 Å². The van der Waals surface area contributed by atoms with Crippen molar-refractivity contribution in [2.45, 2.75) is 13.3 Å². The summed E-state index contributed by atoms with van der Waals surface area (Å²) in [5, 5.41) is 2.81. The molecule has 1 N–H and O–H groups in total. The Morgan fingerprint density at radius 2 is 2.05 bits per heavy atom. The van der Waals surface area contributed by atoms with Gasteiger partial charge >= 0.3 is 0 Å². The van der Waals surface area contributed by atoms with Crippen molar-refractivity contribution >= 4 is 11.6 Å². The second-order valence-corrected chi connectivity index (χ2v) is 4.23. The van der Waals surface area contributed by atoms with Crippen molar-refractivity contribution in [3.8, 4) is 5.75 Å². The Bertz CT molecular complexity index is 565. The van der Waals surface area contributed by atoms with Crippen molar-refractivity contribution in [2.24, 2.45) is 0 Å². The Morgan fingerprint density at radius 1 is 1.26 bits per heavy atom. The third kappa shape index (κ3) is 3.55. The van der Waals surface area contributed by atoms with Gasteiger partial charge in [-0.2, -0.15) is 0 Å². The van der Waals surface area contributed by atoms with Crippen molar-refractivity contribution in [3.05, 3.63) is 53.9 Å². The molecule has 0 unspecified atom stereocenters. The number of hydrogen-bond acceptors (Lipinski definition) is 3. The normalized spacial score (nSPS) is 10.0. The lowest BCUT2D eigenvalue weighted by atomic mass is 10.1. The zero-order chi connectivity index (χ0) is 13.7. The smallest absolute Gasteiger partial charge is 0.228 e. The van der Waals surface area contributed by atoms with E-state index < -0.39 is 0 Å². The van der Waals surface area contributed by atoms with Crippen LogP contribution in [0, 0.1) is 6.92 Å². The Hall–Kier alpha value is -2.36. The second kappa shape index (κ2) is 6.00. The zero-order valence-corrected chi connectivity index (χ0v) is 11.0. The van der Waals surface area contributed by atoms with E-state index in [1.54, 1.807) is 13.3 Å². The van der Waals surface area contributed by atoms with Gasteiger partial charge in [-0.15, -0.1) is 0 Å². The number of rotatable bonds is 4. The minimum Gasteiger partial charge on any atom is -0.496 e.